The standard InChI is InChI=1S/C44H27O3P/c45-48-42-36-17-9-7-15-30(36)19-21-38(42)46-40-26-35(27-41(44(40)48)47-39-22-20-31-16-8-10-18-37(31)43(39)48)34-24-32(28-11-3-1-4-12-28)23-33(25-34)29-13-5-2-6-14-29/h1-27H. The minimum atomic E-state index is -3.48. The van der Waals surface area contributed by atoms with E-state index in [1.54, 1.807) is 0 Å². The molecular formula is C44H27O3P. The van der Waals surface area contributed by atoms with Crippen LogP contribution in [0.4, 0.5) is 0 Å². The number of fused-ring (bicyclic) bond motifs is 8. The van der Waals surface area contributed by atoms with Crippen molar-refractivity contribution in [3.05, 3.63) is 164 Å². The fourth-order valence-electron chi connectivity index (χ4n) is 7.46. The van der Waals surface area contributed by atoms with Crippen molar-refractivity contribution in [3.63, 3.8) is 0 Å². The van der Waals surface area contributed by atoms with Crippen LogP contribution >= 0.6 is 7.14 Å². The van der Waals surface area contributed by atoms with Crippen molar-refractivity contribution < 1.29 is 14.0 Å². The van der Waals surface area contributed by atoms with Crippen LogP contribution in [-0.2, 0) is 4.57 Å². The van der Waals surface area contributed by atoms with Gasteiger partial charge < -0.3 is 14.0 Å². The first-order valence-corrected chi connectivity index (χ1v) is 17.8. The predicted octanol–water partition coefficient (Wildman–Crippen LogP) is 10.8. The number of rotatable bonds is 3. The zero-order valence-electron chi connectivity index (χ0n) is 25.8. The molecule has 0 saturated heterocycles. The molecule has 2 aliphatic rings. The van der Waals surface area contributed by atoms with Crippen LogP contribution in [0, 0.1) is 0 Å². The third-order valence-corrected chi connectivity index (χ3v) is 12.9. The van der Waals surface area contributed by atoms with Crippen LogP contribution in [0.3, 0.4) is 0 Å². The van der Waals surface area contributed by atoms with Crippen LogP contribution in [0.15, 0.2) is 164 Å². The van der Waals surface area contributed by atoms with Crippen molar-refractivity contribution in [2.75, 3.05) is 0 Å². The molecule has 0 amide bonds. The Morgan fingerprint density at radius 3 is 1.21 bits per heavy atom. The van der Waals surface area contributed by atoms with Crippen LogP contribution < -0.4 is 25.4 Å². The molecular weight excluding hydrogens is 607 g/mol. The van der Waals surface area contributed by atoms with Gasteiger partial charge in [-0.2, -0.15) is 0 Å². The Hall–Kier alpha value is -5.89. The molecule has 10 rings (SSSR count). The van der Waals surface area contributed by atoms with E-state index < -0.39 is 7.14 Å². The Kier molecular flexibility index (Phi) is 5.85. The Labute approximate surface area is 278 Å². The van der Waals surface area contributed by atoms with E-state index in [1.807, 2.05) is 60.7 Å². The number of benzene rings is 8. The summed E-state index contributed by atoms with van der Waals surface area (Å²) < 4.78 is 29.9. The van der Waals surface area contributed by atoms with Crippen molar-refractivity contribution in [1.82, 2.24) is 0 Å². The lowest BCUT2D eigenvalue weighted by Gasteiger charge is -2.36. The maximum Gasteiger partial charge on any atom is 0.186 e. The van der Waals surface area contributed by atoms with Gasteiger partial charge in [0.05, 0.1) is 10.6 Å². The maximum absolute atomic E-state index is 16.3. The minimum Gasteiger partial charge on any atom is -0.456 e. The molecule has 3 nitrogen and oxygen atoms in total. The molecule has 8 aromatic carbocycles. The molecule has 0 N–H and O–H groups in total. The van der Waals surface area contributed by atoms with Gasteiger partial charge in [-0.3, -0.25) is 0 Å². The summed E-state index contributed by atoms with van der Waals surface area (Å²) in [6.07, 6.45) is 0. The van der Waals surface area contributed by atoms with E-state index in [0.717, 1.165) is 65.5 Å². The first kappa shape index (κ1) is 27.2. The zero-order valence-corrected chi connectivity index (χ0v) is 26.7. The van der Waals surface area contributed by atoms with E-state index in [0.29, 0.717) is 28.3 Å². The van der Waals surface area contributed by atoms with Gasteiger partial charge in [-0.15, -0.1) is 0 Å². The van der Waals surface area contributed by atoms with Crippen LogP contribution in [0.2, 0.25) is 0 Å². The van der Waals surface area contributed by atoms with Gasteiger partial charge in [-0.25, -0.2) is 0 Å². The second kappa shape index (κ2) is 10.3. The van der Waals surface area contributed by atoms with Gasteiger partial charge in [0.2, 0.25) is 0 Å². The van der Waals surface area contributed by atoms with Gasteiger partial charge in [0, 0.05) is 0 Å². The molecule has 0 atom stereocenters. The summed E-state index contributed by atoms with van der Waals surface area (Å²) in [6.45, 7) is 0. The van der Waals surface area contributed by atoms with Crippen LogP contribution in [0.5, 0.6) is 23.0 Å². The van der Waals surface area contributed by atoms with Crippen molar-refractivity contribution in [1.29, 1.82) is 0 Å². The summed E-state index contributed by atoms with van der Waals surface area (Å²) in [4.78, 5) is 0. The van der Waals surface area contributed by atoms with E-state index in [4.69, 9.17) is 9.47 Å². The summed E-state index contributed by atoms with van der Waals surface area (Å²) in [6, 6.07) is 55.9. The van der Waals surface area contributed by atoms with Crippen molar-refractivity contribution in [2.24, 2.45) is 0 Å². The van der Waals surface area contributed by atoms with Crippen LogP contribution in [0.1, 0.15) is 0 Å². The normalized spacial score (nSPS) is 13.6. The molecule has 2 aliphatic heterocycles. The van der Waals surface area contributed by atoms with E-state index in [1.165, 1.54) is 0 Å². The quantitative estimate of drug-likeness (QED) is 0.181. The summed E-state index contributed by atoms with van der Waals surface area (Å²) in [5, 5.41) is 6.01. The molecule has 0 saturated carbocycles. The summed E-state index contributed by atoms with van der Waals surface area (Å²) in [7, 11) is -3.48. The first-order valence-electron chi connectivity index (χ1n) is 16.1. The van der Waals surface area contributed by atoms with E-state index in [2.05, 4.69) is 103 Å². The molecule has 226 valence electrons. The molecule has 0 spiro atoms. The van der Waals surface area contributed by atoms with E-state index in [9.17, 15) is 0 Å². The molecule has 8 aromatic rings. The Bertz CT molecular complexity index is 2470. The Balaban J connectivity index is 1.26. The number of ether oxygens (including phenoxy) is 2. The molecule has 0 bridgehead atoms. The Morgan fingerprint density at radius 1 is 0.333 bits per heavy atom. The number of hydrogen-bond donors (Lipinski definition) is 0. The molecule has 0 radical (unpaired) electrons. The fourth-order valence-corrected chi connectivity index (χ4v) is 10.9. The Morgan fingerprint density at radius 2 is 0.729 bits per heavy atom. The molecule has 2 heterocycles. The molecule has 0 unspecified atom stereocenters. The van der Waals surface area contributed by atoms with Gasteiger partial charge in [0.15, 0.2) is 7.14 Å². The van der Waals surface area contributed by atoms with Crippen molar-refractivity contribution in [2.45, 2.75) is 0 Å². The van der Waals surface area contributed by atoms with Crippen LogP contribution in [0.25, 0.3) is 54.9 Å². The summed E-state index contributed by atoms with van der Waals surface area (Å²) >= 11 is 0. The average molecular weight is 635 g/mol. The molecule has 0 aromatic heterocycles. The first-order chi connectivity index (χ1) is 23.6. The molecule has 0 fully saturated rings. The SMILES string of the molecule is O=P12c3c(cc(-c4cc(-c5ccccc5)cc(-c5ccccc5)c4)cc3Oc3ccc4ccccc4c31)Oc1ccc3ccccc3c12. The highest BCUT2D eigenvalue weighted by Crippen LogP contribution is 2.61. The minimum absolute atomic E-state index is 0.568. The van der Waals surface area contributed by atoms with Crippen molar-refractivity contribution in [3.8, 4) is 56.4 Å². The lowest BCUT2D eigenvalue weighted by atomic mass is 9.93. The van der Waals surface area contributed by atoms with E-state index >= 15 is 4.57 Å². The maximum atomic E-state index is 16.3. The fraction of sp³-hybridized carbons (Fsp3) is 0. The topological polar surface area (TPSA) is 35.5 Å². The van der Waals surface area contributed by atoms with Crippen molar-refractivity contribution >= 4 is 44.6 Å². The highest BCUT2D eigenvalue weighted by Gasteiger charge is 2.48. The molecule has 0 aliphatic carbocycles. The summed E-state index contributed by atoms with van der Waals surface area (Å²) in [5.74, 6) is 2.38. The van der Waals surface area contributed by atoms with Gasteiger partial charge in [-0.1, -0.05) is 121 Å². The van der Waals surface area contributed by atoms with E-state index in [-0.39, 0.29) is 0 Å². The average Bonchev–Trinajstić information content (AvgIpc) is 3.14. The molecule has 48 heavy (non-hydrogen) atoms. The van der Waals surface area contributed by atoms with Gasteiger partial charge in [0.25, 0.3) is 0 Å². The monoisotopic (exact) mass is 634 g/mol. The smallest absolute Gasteiger partial charge is 0.186 e. The third kappa shape index (κ3) is 3.98. The second-order valence-corrected chi connectivity index (χ2v) is 15.0. The lowest BCUT2D eigenvalue weighted by molar-refractivity contribution is 0.463. The largest absolute Gasteiger partial charge is 0.456 e. The van der Waals surface area contributed by atoms with Gasteiger partial charge in [0.1, 0.15) is 28.3 Å². The highest BCUT2D eigenvalue weighted by atomic mass is 31.2. The third-order valence-electron chi connectivity index (χ3n) is 9.63. The second-order valence-electron chi connectivity index (χ2n) is 12.4. The van der Waals surface area contributed by atoms with Crippen LogP contribution in [-0.4, -0.2) is 0 Å². The highest BCUT2D eigenvalue weighted by molar-refractivity contribution is 7.87. The molecule has 4 heteroatoms. The van der Waals surface area contributed by atoms with Gasteiger partial charge in [-0.05, 0) is 97.4 Å². The summed E-state index contributed by atoms with van der Waals surface area (Å²) in [5.41, 5.74) is 6.44. The number of hydrogen-bond acceptors (Lipinski definition) is 3. The lowest BCUT2D eigenvalue weighted by Crippen LogP contribution is -2.35. The van der Waals surface area contributed by atoms with Gasteiger partial charge >= 0.3 is 0 Å². The zero-order chi connectivity index (χ0) is 31.8. The predicted molar refractivity (Wildman–Crippen MR) is 197 cm³/mol.